The van der Waals surface area contributed by atoms with Crippen molar-refractivity contribution in [3.05, 3.63) is 0 Å². The lowest BCUT2D eigenvalue weighted by Gasteiger charge is -2.63. The van der Waals surface area contributed by atoms with Gasteiger partial charge >= 0.3 is 0 Å². The van der Waals surface area contributed by atoms with E-state index in [-0.39, 0.29) is 47.0 Å². The number of carbonyl (C=O) groups is 1. The highest BCUT2D eigenvalue weighted by Crippen LogP contribution is 2.68. The van der Waals surface area contributed by atoms with Crippen LogP contribution < -0.4 is 5.32 Å². The van der Waals surface area contributed by atoms with Crippen LogP contribution in [-0.4, -0.2) is 45.6 Å². The normalized spacial score (nSPS) is 49.2. The number of aliphatic hydroxyl groups excluding tert-OH is 3. The van der Waals surface area contributed by atoms with E-state index in [4.69, 9.17) is 0 Å². The third-order valence-electron chi connectivity index (χ3n) is 10.8. The molecule has 4 rings (SSSR count). The van der Waals surface area contributed by atoms with Crippen molar-refractivity contribution >= 4 is 5.91 Å². The van der Waals surface area contributed by atoms with Crippen molar-refractivity contribution in [3.63, 3.8) is 0 Å². The van der Waals surface area contributed by atoms with E-state index in [9.17, 15) is 20.1 Å². The molecule has 32 heavy (non-hydrogen) atoms. The zero-order valence-electron chi connectivity index (χ0n) is 20.9. The lowest BCUT2D eigenvalue weighted by atomic mass is 9.43. The molecule has 11 atom stereocenters. The molecule has 0 bridgehead atoms. The molecule has 0 spiro atoms. The Morgan fingerprint density at radius 1 is 1.00 bits per heavy atom. The molecule has 4 fully saturated rings. The van der Waals surface area contributed by atoms with Crippen LogP contribution in [0.15, 0.2) is 0 Å². The number of rotatable bonds is 5. The summed E-state index contributed by atoms with van der Waals surface area (Å²) >= 11 is 0. The second kappa shape index (κ2) is 8.85. The highest BCUT2D eigenvalue weighted by Gasteiger charge is 2.65. The van der Waals surface area contributed by atoms with E-state index in [0.717, 1.165) is 51.4 Å². The molecule has 0 aromatic heterocycles. The molecule has 0 aromatic rings. The highest BCUT2D eigenvalue weighted by molar-refractivity contribution is 5.76. The average Bonchev–Trinajstić information content (AvgIpc) is 3.06. The van der Waals surface area contributed by atoms with Crippen molar-refractivity contribution in [1.82, 2.24) is 5.32 Å². The number of fused-ring (bicyclic) bond motifs is 5. The third-order valence-corrected chi connectivity index (χ3v) is 10.8. The topological polar surface area (TPSA) is 89.8 Å². The maximum atomic E-state index is 12.2. The van der Waals surface area contributed by atoms with E-state index >= 15 is 0 Å². The number of aliphatic hydroxyl groups is 3. The standard InChI is InChI=1S/C27H47NO4/c1-15(2)28-24(32)9-6-16(3)19-7-8-20-25-21(14-23(31)27(19,20)5)26(4)11-10-18(29)12-17(26)13-22(25)30/h15-23,25,29-31H,6-14H2,1-5H3,(H,28,32)/t16-,17?,18-,19-,20?,21?,22-,23+,25?,26+,27-/m1/s1. The van der Waals surface area contributed by atoms with Gasteiger partial charge in [0.25, 0.3) is 0 Å². The van der Waals surface area contributed by atoms with Gasteiger partial charge in [0.1, 0.15) is 0 Å². The molecule has 4 aliphatic carbocycles. The quantitative estimate of drug-likeness (QED) is 0.513. The van der Waals surface area contributed by atoms with Crippen LogP contribution in [0.2, 0.25) is 0 Å². The van der Waals surface area contributed by atoms with Gasteiger partial charge in [-0.05, 0) is 112 Å². The van der Waals surface area contributed by atoms with Gasteiger partial charge in [-0.15, -0.1) is 0 Å². The summed E-state index contributed by atoms with van der Waals surface area (Å²) in [6, 6.07) is 0.169. The van der Waals surface area contributed by atoms with Gasteiger partial charge in [-0.1, -0.05) is 20.8 Å². The fraction of sp³-hybridized carbons (Fsp3) is 0.963. The molecular formula is C27H47NO4. The lowest BCUT2D eigenvalue weighted by Crippen LogP contribution is -2.62. The minimum atomic E-state index is -0.359. The van der Waals surface area contributed by atoms with Crippen molar-refractivity contribution in [1.29, 1.82) is 0 Å². The molecule has 0 radical (unpaired) electrons. The average molecular weight is 450 g/mol. The van der Waals surface area contributed by atoms with Gasteiger partial charge in [0.15, 0.2) is 0 Å². The predicted molar refractivity (Wildman–Crippen MR) is 126 cm³/mol. The largest absolute Gasteiger partial charge is 0.393 e. The Morgan fingerprint density at radius 2 is 1.72 bits per heavy atom. The van der Waals surface area contributed by atoms with Crippen molar-refractivity contribution in [2.24, 2.45) is 46.3 Å². The van der Waals surface area contributed by atoms with Crippen LogP contribution in [0.25, 0.3) is 0 Å². The summed E-state index contributed by atoms with van der Waals surface area (Å²) in [6.45, 7) is 10.9. The van der Waals surface area contributed by atoms with Gasteiger partial charge in [-0.3, -0.25) is 4.79 Å². The Morgan fingerprint density at radius 3 is 2.41 bits per heavy atom. The van der Waals surface area contributed by atoms with Gasteiger partial charge in [0, 0.05) is 12.5 Å². The van der Waals surface area contributed by atoms with Gasteiger partial charge in [-0.25, -0.2) is 0 Å². The van der Waals surface area contributed by atoms with E-state index in [2.05, 4.69) is 26.1 Å². The lowest BCUT2D eigenvalue weighted by molar-refractivity contribution is -0.207. The summed E-state index contributed by atoms with van der Waals surface area (Å²) in [4.78, 5) is 12.2. The van der Waals surface area contributed by atoms with Crippen LogP contribution in [0.1, 0.15) is 92.4 Å². The molecule has 4 N–H and O–H groups in total. The Hall–Kier alpha value is -0.650. The summed E-state index contributed by atoms with van der Waals surface area (Å²) in [7, 11) is 0. The molecular weight excluding hydrogens is 402 g/mol. The van der Waals surface area contributed by atoms with Crippen molar-refractivity contribution in [3.8, 4) is 0 Å². The monoisotopic (exact) mass is 449 g/mol. The van der Waals surface area contributed by atoms with E-state index in [1.807, 2.05) is 13.8 Å². The smallest absolute Gasteiger partial charge is 0.220 e. The summed E-state index contributed by atoms with van der Waals surface area (Å²) in [5.74, 6) is 2.17. The fourth-order valence-electron chi connectivity index (χ4n) is 9.09. The van der Waals surface area contributed by atoms with E-state index in [0.29, 0.717) is 36.0 Å². The van der Waals surface area contributed by atoms with Crippen LogP contribution in [-0.2, 0) is 4.79 Å². The summed E-state index contributed by atoms with van der Waals surface area (Å²) in [6.07, 6.45) is 6.86. The van der Waals surface area contributed by atoms with Crippen LogP contribution in [0.3, 0.4) is 0 Å². The molecule has 4 aliphatic rings. The van der Waals surface area contributed by atoms with Crippen molar-refractivity contribution < 1.29 is 20.1 Å². The Balaban J connectivity index is 1.52. The Bertz CT molecular complexity index is 697. The summed E-state index contributed by atoms with van der Waals surface area (Å²) in [5.41, 5.74) is -0.0719. The first kappa shape index (κ1) is 24.5. The van der Waals surface area contributed by atoms with Crippen LogP contribution in [0.4, 0.5) is 0 Å². The first-order valence-corrected chi connectivity index (χ1v) is 13.3. The van der Waals surface area contributed by atoms with Crippen molar-refractivity contribution in [2.75, 3.05) is 0 Å². The molecule has 184 valence electrons. The van der Waals surface area contributed by atoms with Crippen molar-refractivity contribution in [2.45, 2.75) is 117 Å². The number of amides is 1. The highest BCUT2D eigenvalue weighted by atomic mass is 16.3. The van der Waals surface area contributed by atoms with E-state index < -0.39 is 0 Å². The third kappa shape index (κ3) is 3.94. The first-order chi connectivity index (χ1) is 15.0. The molecule has 4 saturated carbocycles. The SMILES string of the molecule is CC(C)NC(=O)CC[C@@H](C)[C@H]1CCC2C3C(C[C@H](O)[C@@]21C)[C@@]1(C)CC[C@@H](O)CC1C[C@H]3O. The van der Waals surface area contributed by atoms with Gasteiger partial charge in [0.05, 0.1) is 18.3 Å². The van der Waals surface area contributed by atoms with Crippen LogP contribution in [0, 0.1) is 46.3 Å². The zero-order valence-corrected chi connectivity index (χ0v) is 20.9. The second-order valence-corrected chi connectivity index (χ2v) is 12.8. The Labute approximate surface area is 194 Å². The zero-order chi connectivity index (χ0) is 23.4. The number of hydrogen-bond acceptors (Lipinski definition) is 4. The van der Waals surface area contributed by atoms with Crippen LogP contribution in [0.5, 0.6) is 0 Å². The number of nitrogens with one attached hydrogen (secondary N) is 1. The predicted octanol–water partition coefficient (Wildman–Crippen LogP) is 3.89. The molecule has 5 heteroatoms. The Kier molecular flexibility index (Phi) is 6.77. The van der Waals surface area contributed by atoms with Gasteiger partial charge < -0.3 is 20.6 Å². The molecule has 0 heterocycles. The minimum absolute atomic E-state index is 0.115. The van der Waals surface area contributed by atoms with Crippen LogP contribution >= 0.6 is 0 Å². The fourth-order valence-corrected chi connectivity index (χ4v) is 9.09. The summed E-state index contributed by atoms with van der Waals surface area (Å²) in [5, 5.41) is 36.2. The van der Waals surface area contributed by atoms with Gasteiger partial charge in [0.2, 0.25) is 5.91 Å². The number of carbonyl (C=O) groups excluding carboxylic acids is 1. The maximum Gasteiger partial charge on any atom is 0.220 e. The minimum Gasteiger partial charge on any atom is -0.393 e. The summed E-state index contributed by atoms with van der Waals surface area (Å²) < 4.78 is 0. The van der Waals surface area contributed by atoms with E-state index in [1.54, 1.807) is 0 Å². The number of hydrogen-bond donors (Lipinski definition) is 4. The molecule has 5 nitrogen and oxygen atoms in total. The molecule has 1 amide bonds. The first-order valence-electron chi connectivity index (χ1n) is 13.3. The molecule has 0 aromatic carbocycles. The molecule has 0 saturated heterocycles. The van der Waals surface area contributed by atoms with Gasteiger partial charge in [-0.2, -0.15) is 0 Å². The molecule has 0 aliphatic heterocycles. The maximum absolute atomic E-state index is 12.2. The molecule has 4 unspecified atom stereocenters. The second-order valence-electron chi connectivity index (χ2n) is 12.8. The van der Waals surface area contributed by atoms with E-state index in [1.165, 1.54) is 0 Å².